The zero-order valence-corrected chi connectivity index (χ0v) is 20.5. The van der Waals surface area contributed by atoms with E-state index in [1.165, 1.54) is 10.6 Å². The highest BCUT2D eigenvalue weighted by atomic mass is 35.5. The molecule has 1 aliphatic rings. The summed E-state index contributed by atoms with van der Waals surface area (Å²) < 4.78 is 30.6. The second-order valence-corrected chi connectivity index (χ2v) is 10.9. The van der Waals surface area contributed by atoms with Crippen LogP contribution in [0.25, 0.3) is 11.7 Å². The van der Waals surface area contributed by atoms with Crippen LogP contribution in [-0.4, -0.2) is 41.3 Å². The maximum atomic E-state index is 13.4. The molecule has 2 aromatic heterocycles. The number of aromatic nitrogens is 2. The Kier molecular flexibility index (Phi) is 6.65. The first-order valence-electron chi connectivity index (χ1n) is 10.7. The van der Waals surface area contributed by atoms with Crippen molar-refractivity contribution >= 4 is 39.1 Å². The minimum absolute atomic E-state index is 0.0304. The van der Waals surface area contributed by atoms with Gasteiger partial charge in [0.25, 0.3) is 11.5 Å². The van der Waals surface area contributed by atoms with Gasteiger partial charge in [-0.05, 0) is 61.7 Å². The Balaban J connectivity index is 1.80. The van der Waals surface area contributed by atoms with Crippen molar-refractivity contribution in [1.29, 1.82) is 5.26 Å². The van der Waals surface area contributed by atoms with Crippen LogP contribution >= 0.6 is 11.6 Å². The lowest BCUT2D eigenvalue weighted by Crippen LogP contribution is -2.36. The SMILES string of the molecule is Cc1cc(Oc2nc3c(C)cccn3c(=O)c2C=C(C#N)C(=O)NC2CCS(=O)(=O)C2)ccc1Cl. The smallest absolute Gasteiger partial charge is 0.269 e. The predicted molar refractivity (Wildman–Crippen MR) is 131 cm³/mol. The van der Waals surface area contributed by atoms with E-state index in [1.54, 1.807) is 50.2 Å². The van der Waals surface area contributed by atoms with E-state index in [1.807, 2.05) is 0 Å². The number of fused-ring (bicyclic) bond motifs is 1. The number of nitrogens with zero attached hydrogens (tertiary/aromatic N) is 3. The van der Waals surface area contributed by atoms with E-state index in [2.05, 4.69) is 10.3 Å². The molecule has 1 aromatic carbocycles. The van der Waals surface area contributed by atoms with Crippen LogP contribution in [0.3, 0.4) is 0 Å². The topological polar surface area (TPSA) is 131 Å². The molecule has 180 valence electrons. The molecule has 1 aliphatic heterocycles. The van der Waals surface area contributed by atoms with Gasteiger partial charge in [0, 0.05) is 17.3 Å². The summed E-state index contributed by atoms with van der Waals surface area (Å²) >= 11 is 6.10. The van der Waals surface area contributed by atoms with Crippen LogP contribution in [0.2, 0.25) is 5.02 Å². The molecule has 0 bridgehead atoms. The maximum absolute atomic E-state index is 13.4. The van der Waals surface area contributed by atoms with Crippen molar-refractivity contribution < 1.29 is 17.9 Å². The molecular formula is C24H21ClN4O5S. The summed E-state index contributed by atoms with van der Waals surface area (Å²) in [6.45, 7) is 3.58. The number of benzene rings is 1. The summed E-state index contributed by atoms with van der Waals surface area (Å²) in [4.78, 5) is 30.6. The number of hydrogen-bond donors (Lipinski definition) is 1. The van der Waals surface area contributed by atoms with E-state index in [9.17, 15) is 23.3 Å². The van der Waals surface area contributed by atoms with E-state index in [4.69, 9.17) is 16.3 Å². The minimum Gasteiger partial charge on any atom is -0.438 e. The molecule has 3 heterocycles. The summed E-state index contributed by atoms with van der Waals surface area (Å²) in [6.07, 6.45) is 2.90. The zero-order valence-electron chi connectivity index (χ0n) is 18.9. The third-order valence-corrected chi connectivity index (χ3v) is 7.81. The van der Waals surface area contributed by atoms with Gasteiger partial charge in [-0.3, -0.25) is 14.0 Å². The molecule has 0 spiro atoms. The first kappa shape index (κ1) is 24.4. The Morgan fingerprint density at radius 2 is 2.09 bits per heavy atom. The molecule has 9 nitrogen and oxygen atoms in total. The largest absolute Gasteiger partial charge is 0.438 e. The van der Waals surface area contributed by atoms with Gasteiger partial charge in [-0.1, -0.05) is 17.7 Å². The molecular weight excluding hydrogens is 492 g/mol. The molecule has 0 radical (unpaired) electrons. The van der Waals surface area contributed by atoms with Gasteiger partial charge in [0.1, 0.15) is 28.6 Å². The first-order valence-corrected chi connectivity index (χ1v) is 12.9. The van der Waals surface area contributed by atoms with Crippen molar-refractivity contribution in [3.63, 3.8) is 0 Å². The fraction of sp³-hybridized carbons (Fsp3) is 0.250. The lowest BCUT2D eigenvalue weighted by molar-refractivity contribution is -0.117. The fourth-order valence-corrected chi connectivity index (χ4v) is 5.54. The summed E-state index contributed by atoms with van der Waals surface area (Å²) in [5.41, 5.74) is 0.804. The van der Waals surface area contributed by atoms with Crippen LogP contribution in [-0.2, 0) is 14.6 Å². The number of amides is 1. The molecule has 0 saturated carbocycles. The fourth-order valence-electron chi connectivity index (χ4n) is 3.75. The number of aryl methyl sites for hydroxylation is 2. The molecule has 3 aromatic rings. The van der Waals surface area contributed by atoms with Crippen molar-refractivity contribution in [3.8, 4) is 17.7 Å². The predicted octanol–water partition coefficient (Wildman–Crippen LogP) is 2.97. The molecule has 1 unspecified atom stereocenters. The van der Waals surface area contributed by atoms with Gasteiger partial charge in [0.05, 0.1) is 11.5 Å². The van der Waals surface area contributed by atoms with Crippen LogP contribution < -0.4 is 15.6 Å². The van der Waals surface area contributed by atoms with E-state index in [-0.39, 0.29) is 34.9 Å². The lowest BCUT2D eigenvalue weighted by atomic mass is 10.1. The standard InChI is InChI=1S/C24H21ClN4O5S/c1-14-4-3-8-29-21(14)28-23(34-18-5-6-20(25)15(2)10-18)19(24(29)31)11-16(12-26)22(30)27-17-7-9-35(32,33)13-17/h3-6,8,10-11,17H,7,9,13H2,1-2H3,(H,27,30). The molecule has 1 saturated heterocycles. The molecule has 0 aliphatic carbocycles. The average Bonchev–Trinajstić information content (AvgIpc) is 3.14. The first-order chi connectivity index (χ1) is 16.6. The summed E-state index contributed by atoms with van der Waals surface area (Å²) in [6, 6.07) is 9.59. The van der Waals surface area contributed by atoms with Crippen molar-refractivity contribution in [2.75, 3.05) is 11.5 Å². The Bertz CT molecular complexity index is 1590. The van der Waals surface area contributed by atoms with Gasteiger partial charge in [-0.15, -0.1) is 0 Å². The number of ether oxygens (including phenoxy) is 1. The highest BCUT2D eigenvalue weighted by Crippen LogP contribution is 2.28. The van der Waals surface area contributed by atoms with Gasteiger partial charge in [-0.25, -0.2) is 8.42 Å². The molecule has 1 N–H and O–H groups in total. The van der Waals surface area contributed by atoms with Crippen LogP contribution in [0.1, 0.15) is 23.1 Å². The second-order valence-electron chi connectivity index (χ2n) is 8.28. The Labute approximate surface area is 206 Å². The Morgan fingerprint density at radius 3 is 2.74 bits per heavy atom. The van der Waals surface area contributed by atoms with Crippen molar-refractivity contribution in [1.82, 2.24) is 14.7 Å². The third-order valence-electron chi connectivity index (χ3n) is 5.61. The van der Waals surface area contributed by atoms with Gasteiger partial charge in [0.2, 0.25) is 5.88 Å². The molecule has 11 heteroatoms. The normalized spacial score (nSPS) is 17.2. The number of nitrogens with one attached hydrogen (secondary N) is 1. The number of sulfone groups is 1. The number of halogens is 1. The quantitative estimate of drug-likeness (QED) is 0.410. The van der Waals surface area contributed by atoms with E-state index in [0.717, 1.165) is 17.2 Å². The molecule has 1 fully saturated rings. The molecule has 1 atom stereocenters. The van der Waals surface area contributed by atoms with E-state index >= 15 is 0 Å². The summed E-state index contributed by atoms with van der Waals surface area (Å²) in [7, 11) is -3.23. The number of pyridine rings is 1. The van der Waals surface area contributed by atoms with Crippen LogP contribution in [0, 0.1) is 25.2 Å². The summed E-state index contributed by atoms with van der Waals surface area (Å²) in [5.74, 6) is -0.726. The van der Waals surface area contributed by atoms with Crippen LogP contribution in [0.15, 0.2) is 46.9 Å². The molecule has 35 heavy (non-hydrogen) atoms. The summed E-state index contributed by atoms with van der Waals surface area (Å²) in [5, 5.41) is 12.7. The Hall–Kier alpha value is -3.68. The minimum atomic E-state index is -3.23. The third kappa shape index (κ3) is 5.21. The number of carbonyl (C=O) groups is 1. The number of nitriles is 1. The lowest BCUT2D eigenvalue weighted by Gasteiger charge is -2.13. The maximum Gasteiger partial charge on any atom is 0.269 e. The highest BCUT2D eigenvalue weighted by molar-refractivity contribution is 7.91. The van der Waals surface area contributed by atoms with Crippen LogP contribution in [0.4, 0.5) is 0 Å². The average molecular weight is 513 g/mol. The highest BCUT2D eigenvalue weighted by Gasteiger charge is 2.30. The van der Waals surface area contributed by atoms with Gasteiger partial charge >= 0.3 is 0 Å². The van der Waals surface area contributed by atoms with Gasteiger partial charge in [0.15, 0.2) is 9.84 Å². The van der Waals surface area contributed by atoms with Gasteiger partial charge < -0.3 is 10.1 Å². The van der Waals surface area contributed by atoms with Crippen molar-refractivity contribution in [3.05, 3.63) is 74.2 Å². The molecule has 4 rings (SSSR count). The van der Waals surface area contributed by atoms with Gasteiger partial charge in [-0.2, -0.15) is 10.2 Å². The monoisotopic (exact) mass is 512 g/mol. The van der Waals surface area contributed by atoms with Crippen LogP contribution in [0.5, 0.6) is 11.6 Å². The number of hydrogen-bond acceptors (Lipinski definition) is 7. The number of rotatable bonds is 5. The van der Waals surface area contributed by atoms with E-state index < -0.39 is 27.3 Å². The van der Waals surface area contributed by atoms with Crippen molar-refractivity contribution in [2.45, 2.75) is 26.3 Å². The zero-order chi connectivity index (χ0) is 25.3. The molecule has 1 amide bonds. The van der Waals surface area contributed by atoms with Crippen molar-refractivity contribution in [2.24, 2.45) is 0 Å². The Morgan fingerprint density at radius 1 is 1.31 bits per heavy atom. The second kappa shape index (κ2) is 9.52. The van der Waals surface area contributed by atoms with E-state index in [0.29, 0.717) is 16.4 Å². The number of carbonyl (C=O) groups excluding carboxylic acids is 1.